The minimum absolute atomic E-state index is 0.119. The fourth-order valence-electron chi connectivity index (χ4n) is 3.73. The fraction of sp³-hybridized carbons (Fsp3) is 0.412. The summed E-state index contributed by atoms with van der Waals surface area (Å²) in [6.45, 7) is 6.16. The van der Waals surface area contributed by atoms with Gasteiger partial charge in [0.15, 0.2) is 11.2 Å². The van der Waals surface area contributed by atoms with Crippen LogP contribution in [0.15, 0.2) is 24.4 Å². The molecule has 0 aliphatic carbocycles. The van der Waals surface area contributed by atoms with E-state index in [1.54, 1.807) is 16.9 Å². The van der Waals surface area contributed by atoms with E-state index in [2.05, 4.69) is 25.5 Å². The van der Waals surface area contributed by atoms with Gasteiger partial charge in [-0.1, -0.05) is 34.5 Å². The van der Waals surface area contributed by atoms with Crippen molar-refractivity contribution in [1.82, 2.24) is 30.3 Å². The predicted molar refractivity (Wildman–Crippen MR) is 101 cm³/mol. The molecule has 7 nitrogen and oxygen atoms in total. The molecule has 2 saturated heterocycles. The largest absolute Gasteiger partial charge is 0.339 e. The van der Waals surface area contributed by atoms with Crippen LogP contribution in [0.4, 0.5) is 5.95 Å². The molecule has 26 heavy (non-hydrogen) atoms. The van der Waals surface area contributed by atoms with Gasteiger partial charge in [0.2, 0.25) is 5.95 Å². The first-order valence-corrected chi connectivity index (χ1v) is 9.29. The van der Waals surface area contributed by atoms with Crippen LogP contribution >= 0.6 is 23.2 Å². The van der Waals surface area contributed by atoms with Crippen LogP contribution in [0.25, 0.3) is 11.2 Å². The maximum Gasteiger partial charge on any atom is 0.227 e. The Balaban J connectivity index is 1.49. The van der Waals surface area contributed by atoms with E-state index in [0.717, 1.165) is 37.7 Å². The number of fused-ring (bicyclic) bond motifs is 1. The number of benzene rings is 1. The van der Waals surface area contributed by atoms with Crippen LogP contribution in [0, 0.1) is 5.41 Å². The SMILES string of the molecule is CC(c1ccc(Cl)cc1Cl)n1nnc2cnc(N3CC4(CNC4)C3)nc21. The van der Waals surface area contributed by atoms with Crippen molar-refractivity contribution in [2.24, 2.45) is 5.41 Å². The lowest BCUT2D eigenvalue weighted by Crippen LogP contribution is -2.71. The highest BCUT2D eigenvalue weighted by molar-refractivity contribution is 6.35. The lowest BCUT2D eigenvalue weighted by molar-refractivity contribution is 0.119. The Morgan fingerprint density at radius 3 is 2.73 bits per heavy atom. The monoisotopic (exact) mass is 389 g/mol. The van der Waals surface area contributed by atoms with Crippen molar-refractivity contribution in [2.75, 3.05) is 31.1 Å². The van der Waals surface area contributed by atoms with Crippen molar-refractivity contribution in [3.05, 3.63) is 40.0 Å². The number of hydrogen-bond acceptors (Lipinski definition) is 6. The summed E-state index contributed by atoms with van der Waals surface area (Å²) in [5.41, 5.74) is 2.72. The molecule has 0 saturated carbocycles. The van der Waals surface area contributed by atoms with Crippen molar-refractivity contribution in [3.63, 3.8) is 0 Å². The van der Waals surface area contributed by atoms with Crippen LogP contribution in [-0.2, 0) is 0 Å². The van der Waals surface area contributed by atoms with Crippen molar-refractivity contribution >= 4 is 40.3 Å². The first kappa shape index (κ1) is 16.2. The Bertz CT molecular complexity index is 990. The number of anilines is 1. The van der Waals surface area contributed by atoms with Gasteiger partial charge in [0.25, 0.3) is 0 Å². The van der Waals surface area contributed by atoms with E-state index in [4.69, 9.17) is 28.2 Å². The average molecular weight is 390 g/mol. The van der Waals surface area contributed by atoms with Gasteiger partial charge >= 0.3 is 0 Å². The zero-order valence-corrected chi connectivity index (χ0v) is 15.7. The van der Waals surface area contributed by atoms with Crippen molar-refractivity contribution in [3.8, 4) is 0 Å². The third kappa shape index (κ3) is 2.46. The molecule has 1 atom stereocenters. The highest BCUT2D eigenvalue weighted by Gasteiger charge is 2.48. The molecule has 0 amide bonds. The van der Waals surface area contributed by atoms with Crippen LogP contribution in [0.5, 0.6) is 0 Å². The van der Waals surface area contributed by atoms with E-state index in [1.807, 2.05) is 19.1 Å². The fourth-order valence-corrected chi connectivity index (χ4v) is 4.29. The number of nitrogens with one attached hydrogen (secondary N) is 1. The third-order valence-electron chi connectivity index (χ3n) is 5.32. The molecule has 5 rings (SSSR count). The molecule has 3 aromatic rings. The topological polar surface area (TPSA) is 71.8 Å². The Labute approximate surface area is 160 Å². The van der Waals surface area contributed by atoms with Crippen LogP contribution < -0.4 is 10.2 Å². The second kappa shape index (κ2) is 5.77. The Hall–Kier alpha value is -1.96. The summed E-state index contributed by atoms with van der Waals surface area (Å²) in [6, 6.07) is 5.35. The van der Waals surface area contributed by atoms with Gasteiger partial charge < -0.3 is 10.2 Å². The van der Waals surface area contributed by atoms with Gasteiger partial charge in [-0.15, -0.1) is 5.10 Å². The van der Waals surface area contributed by atoms with Crippen molar-refractivity contribution < 1.29 is 0 Å². The van der Waals surface area contributed by atoms with E-state index < -0.39 is 0 Å². The molecule has 2 aromatic heterocycles. The van der Waals surface area contributed by atoms with Gasteiger partial charge in [0.1, 0.15) is 0 Å². The summed E-state index contributed by atoms with van der Waals surface area (Å²) in [5.74, 6) is 0.730. The number of hydrogen-bond donors (Lipinski definition) is 1. The Morgan fingerprint density at radius 1 is 1.23 bits per heavy atom. The van der Waals surface area contributed by atoms with E-state index >= 15 is 0 Å². The summed E-state index contributed by atoms with van der Waals surface area (Å²) in [4.78, 5) is 11.4. The lowest BCUT2D eigenvalue weighted by atomic mass is 9.75. The second-order valence-corrected chi connectivity index (χ2v) is 8.06. The Kier molecular flexibility index (Phi) is 3.60. The average Bonchev–Trinajstić information content (AvgIpc) is 2.95. The maximum absolute atomic E-state index is 6.37. The van der Waals surface area contributed by atoms with Gasteiger partial charge in [-0.2, -0.15) is 4.98 Å². The number of nitrogens with zero attached hydrogens (tertiary/aromatic N) is 6. The van der Waals surface area contributed by atoms with Crippen molar-refractivity contribution in [1.29, 1.82) is 0 Å². The highest BCUT2D eigenvalue weighted by Crippen LogP contribution is 2.36. The lowest BCUT2D eigenvalue weighted by Gasteiger charge is -2.55. The summed E-state index contributed by atoms with van der Waals surface area (Å²) in [6.07, 6.45) is 1.74. The van der Waals surface area contributed by atoms with Gasteiger partial charge in [-0.25, -0.2) is 9.67 Å². The highest BCUT2D eigenvalue weighted by atomic mass is 35.5. The van der Waals surface area contributed by atoms with Crippen LogP contribution in [0.3, 0.4) is 0 Å². The first-order chi connectivity index (χ1) is 12.5. The van der Waals surface area contributed by atoms with Crippen molar-refractivity contribution in [2.45, 2.75) is 13.0 Å². The molecule has 0 radical (unpaired) electrons. The molecule has 2 fully saturated rings. The normalized spacial score (nSPS) is 19.4. The van der Waals surface area contributed by atoms with E-state index in [9.17, 15) is 0 Å². The van der Waals surface area contributed by atoms with Gasteiger partial charge in [0.05, 0.1) is 12.2 Å². The predicted octanol–water partition coefficient (Wildman–Crippen LogP) is 2.55. The Morgan fingerprint density at radius 2 is 2.04 bits per heavy atom. The molecule has 1 N–H and O–H groups in total. The first-order valence-electron chi connectivity index (χ1n) is 8.53. The molecule has 1 spiro atoms. The van der Waals surface area contributed by atoms with Gasteiger partial charge in [-0.3, -0.25) is 0 Å². The molecule has 134 valence electrons. The standard InChI is InChI=1S/C17H17Cl2N7/c1-10(12-3-2-11(18)4-13(12)19)26-15-14(23-24-26)5-21-16(22-15)25-8-17(9-25)6-20-7-17/h2-5,10,20H,6-9H2,1H3. The van der Waals surface area contributed by atoms with E-state index in [-0.39, 0.29) is 6.04 Å². The van der Waals surface area contributed by atoms with Crippen LogP contribution in [0.1, 0.15) is 18.5 Å². The quantitative estimate of drug-likeness (QED) is 0.741. The summed E-state index contributed by atoms with van der Waals surface area (Å²) >= 11 is 12.4. The molecule has 2 aliphatic heterocycles. The second-order valence-electron chi connectivity index (χ2n) is 7.21. The zero-order chi connectivity index (χ0) is 17.9. The van der Waals surface area contributed by atoms with E-state index in [1.165, 1.54) is 0 Å². The molecule has 9 heteroatoms. The minimum atomic E-state index is -0.119. The summed E-state index contributed by atoms with van der Waals surface area (Å²) in [5, 5.41) is 13.0. The molecule has 1 unspecified atom stereocenters. The minimum Gasteiger partial charge on any atom is -0.339 e. The number of aromatic nitrogens is 5. The van der Waals surface area contributed by atoms with Gasteiger partial charge in [0, 0.05) is 41.6 Å². The zero-order valence-electron chi connectivity index (χ0n) is 14.2. The molecule has 0 bridgehead atoms. The smallest absolute Gasteiger partial charge is 0.227 e. The molecular formula is C17H17Cl2N7. The van der Waals surface area contributed by atoms with E-state index in [0.29, 0.717) is 26.6 Å². The molecule has 2 aliphatic rings. The van der Waals surface area contributed by atoms with Crippen LogP contribution in [0.2, 0.25) is 10.0 Å². The third-order valence-corrected chi connectivity index (χ3v) is 5.88. The molecular weight excluding hydrogens is 373 g/mol. The maximum atomic E-state index is 6.37. The molecule has 4 heterocycles. The summed E-state index contributed by atoms with van der Waals surface area (Å²) < 4.78 is 1.79. The molecule has 1 aromatic carbocycles. The number of rotatable bonds is 3. The van der Waals surface area contributed by atoms with Gasteiger partial charge in [-0.05, 0) is 24.6 Å². The van der Waals surface area contributed by atoms with Crippen LogP contribution in [-0.4, -0.2) is 51.1 Å². The summed E-state index contributed by atoms with van der Waals surface area (Å²) in [7, 11) is 0. The number of halogens is 2.